The van der Waals surface area contributed by atoms with Gasteiger partial charge in [0, 0.05) is 5.69 Å². The van der Waals surface area contributed by atoms with Crippen LogP contribution in [0.5, 0.6) is 0 Å². The van der Waals surface area contributed by atoms with Crippen molar-refractivity contribution in [3.05, 3.63) is 30.3 Å². The van der Waals surface area contributed by atoms with Gasteiger partial charge in [-0.25, -0.2) is 0 Å². The third-order valence-corrected chi connectivity index (χ3v) is 3.96. The van der Waals surface area contributed by atoms with E-state index in [0.29, 0.717) is 10.0 Å². The van der Waals surface area contributed by atoms with Gasteiger partial charge in [-0.1, -0.05) is 42.2 Å². The fraction of sp³-hybridized carbons (Fsp3) is 0.250. The van der Waals surface area contributed by atoms with E-state index in [9.17, 15) is 9.59 Å². The largest absolute Gasteiger partial charge is 0.325 e. The Morgan fingerprint density at radius 3 is 2.67 bits per heavy atom. The summed E-state index contributed by atoms with van der Waals surface area (Å²) in [6.07, 6.45) is 0. The molecule has 1 aliphatic rings. The van der Waals surface area contributed by atoms with Crippen molar-refractivity contribution in [3.63, 3.8) is 0 Å². The Balaban J connectivity index is 1.96. The molecule has 6 heteroatoms. The summed E-state index contributed by atoms with van der Waals surface area (Å²) in [5.41, 5.74) is 0.709. The molecule has 2 amide bonds. The highest BCUT2D eigenvalue weighted by Gasteiger charge is 2.34. The molecule has 1 heterocycles. The first-order valence-electron chi connectivity index (χ1n) is 5.45. The summed E-state index contributed by atoms with van der Waals surface area (Å²) in [5, 5.41) is 2.53. The van der Waals surface area contributed by atoms with Crippen LogP contribution in [0.2, 0.25) is 0 Å². The number of para-hydroxylation sites is 1. The van der Waals surface area contributed by atoms with Gasteiger partial charge in [-0.3, -0.25) is 14.5 Å². The van der Waals surface area contributed by atoms with Crippen molar-refractivity contribution < 1.29 is 9.59 Å². The Labute approximate surface area is 115 Å². The van der Waals surface area contributed by atoms with Gasteiger partial charge in [0.15, 0.2) is 0 Å². The van der Waals surface area contributed by atoms with E-state index in [1.807, 2.05) is 18.2 Å². The summed E-state index contributed by atoms with van der Waals surface area (Å²) in [6.45, 7) is 1.76. The molecule has 1 fully saturated rings. The van der Waals surface area contributed by atoms with Crippen LogP contribution >= 0.6 is 24.0 Å². The van der Waals surface area contributed by atoms with Gasteiger partial charge in [0.2, 0.25) is 11.8 Å². The van der Waals surface area contributed by atoms with Gasteiger partial charge in [0.1, 0.15) is 10.9 Å². The van der Waals surface area contributed by atoms with Crippen LogP contribution in [0, 0.1) is 0 Å². The lowest BCUT2D eigenvalue weighted by molar-refractivity contribution is -0.129. The number of nitrogens with one attached hydrogen (secondary N) is 1. The summed E-state index contributed by atoms with van der Waals surface area (Å²) in [5.74, 6) is -0.347. The molecule has 1 aromatic rings. The van der Waals surface area contributed by atoms with E-state index in [2.05, 4.69) is 5.32 Å². The third-order valence-electron chi connectivity index (χ3n) is 2.47. The van der Waals surface area contributed by atoms with Crippen LogP contribution in [0.3, 0.4) is 0 Å². The normalized spacial score (nSPS) is 19.2. The maximum absolute atomic E-state index is 11.8. The fourth-order valence-electron chi connectivity index (χ4n) is 1.58. The SMILES string of the molecule is CC1SC(=S)N(CC(=O)Nc2ccccc2)C1=O. The number of rotatable bonds is 3. The van der Waals surface area contributed by atoms with E-state index in [1.165, 1.54) is 16.7 Å². The number of amides is 2. The molecule has 0 aliphatic carbocycles. The molecule has 18 heavy (non-hydrogen) atoms. The first-order valence-corrected chi connectivity index (χ1v) is 6.73. The number of carbonyl (C=O) groups excluding carboxylic acids is 2. The van der Waals surface area contributed by atoms with Crippen molar-refractivity contribution in [2.45, 2.75) is 12.2 Å². The van der Waals surface area contributed by atoms with Gasteiger partial charge in [-0.2, -0.15) is 0 Å². The maximum atomic E-state index is 11.8. The van der Waals surface area contributed by atoms with Crippen molar-refractivity contribution in [2.75, 3.05) is 11.9 Å². The number of hydrogen-bond donors (Lipinski definition) is 1. The Bertz CT molecular complexity index is 490. The Kier molecular flexibility index (Phi) is 3.98. The zero-order valence-corrected chi connectivity index (χ0v) is 11.4. The summed E-state index contributed by atoms with van der Waals surface area (Å²) in [4.78, 5) is 24.9. The molecule has 1 unspecified atom stereocenters. The van der Waals surface area contributed by atoms with Crippen molar-refractivity contribution in [3.8, 4) is 0 Å². The first-order chi connectivity index (χ1) is 8.58. The predicted octanol–water partition coefficient (Wildman–Crippen LogP) is 1.87. The lowest BCUT2D eigenvalue weighted by Gasteiger charge is -2.14. The molecule has 0 radical (unpaired) electrons. The van der Waals surface area contributed by atoms with Crippen LogP contribution in [0.1, 0.15) is 6.92 Å². The topological polar surface area (TPSA) is 49.4 Å². The number of thiocarbonyl (C=S) groups is 1. The second-order valence-electron chi connectivity index (χ2n) is 3.86. The standard InChI is InChI=1S/C12H12N2O2S2/c1-8-11(16)14(12(17)18-8)7-10(15)13-9-5-3-2-4-6-9/h2-6,8H,7H2,1H3,(H,13,15). The number of hydrogen-bond acceptors (Lipinski definition) is 4. The van der Waals surface area contributed by atoms with Gasteiger partial charge in [0.05, 0.1) is 5.25 Å². The highest BCUT2D eigenvalue weighted by molar-refractivity contribution is 8.24. The number of thioether (sulfide) groups is 1. The van der Waals surface area contributed by atoms with Crippen LogP contribution in [-0.4, -0.2) is 32.8 Å². The van der Waals surface area contributed by atoms with Crippen molar-refractivity contribution in [1.29, 1.82) is 0 Å². The molecule has 1 aliphatic heterocycles. The number of benzene rings is 1. The summed E-state index contributed by atoms with van der Waals surface area (Å²) < 4.78 is 0.468. The van der Waals surface area contributed by atoms with Crippen molar-refractivity contribution >= 4 is 45.8 Å². The molecule has 1 N–H and O–H groups in total. The molecule has 2 rings (SSSR count). The summed E-state index contributed by atoms with van der Waals surface area (Å²) in [7, 11) is 0. The molecular formula is C12H12N2O2S2. The monoisotopic (exact) mass is 280 g/mol. The highest BCUT2D eigenvalue weighted by atomic mass is 32.2. The average molecular weight is 280 g/mol. The zero-order chi connectivity index (χ0) is 13.1. The van der Waals surface area contributed by atoms with E-state index >= 15 is 0 Å². The Morgan fingerprint density at radius 1 is 1.44 bits per heavy atom. The minimum Gasteiger partial charge on any atom is -0.325 e. The van der Waals surface area contributed by atoms with E-state index in [1.54, 1.807) is 19.1 Å². The number of anilines is 1. The average Bonchev–Trinajstić information content (AvgIpc) is 2.57. The smallest absolute Gasteiger partial charge is 0.244 e. The maximum Gasteiger partial charge on any atom is 0.244 e. The number of carbonyl (C=O) groups is 2. The molecule has 0 saturated carbocycles. The van der Waals surface area contributed by atoms with Crippen LogP contribution in [-0.2, 0) is 9.59 Å². The van der Waals surface area contributed by atoms with E-state index in [-0.39, 0.29) is 23.6 Å². The molecule has 1 atom stereocenters. The highest BCUT2D eigenvalue weighted by Crippen LogP contribution is 2.26. The molecule has 0 spiro atoms. The molecule has 94 valence electrons. The Morgan fingerprint density at radius 2 is 2.11 bits per heavy atom. The van der Waals surface area contributed by atoms with E-state index in [0.717, 1.165) is 0 Å². The number of nitrogens with zero attached hydrogens (tertiary/aromatic N) is 1. The van der Waals surface area contributed by atoms with Crippen molar-refractivity contribution in [1.82, 2.24) is 4.90 Å². The van der Waals surface area contributed by atoms with Gasteiger partial charge in [-0.05, 0) is 19.1 Å². The van der Waals surface area contributed by atoms with Crippen molar-refractivity contribution in [2.24, 2.45) is 0 Å². The van der Waals surface area contributed by atoms with Gasteiger partial charge < -0.3 is 5.32 Å². The second kappa shape index (κ2) is 5.49. The van der Waals surface area contributed by atoms with Crippen LogP contribution in [0.4, 0.5) is 5.69 Å². The molecular weight excluding hydrogens is 268 g/mol. The van der Waals surface area contributed by atoms with Crippen LogP contribution in [0.15, 0.2) is 30.3 Å². The van der Waals surface area contributed by atoms with Gasteiger partial charge >= 0.3 is 0 Å². The Hall–Kier alpha value is -1.40. The minimum absolute atomic E-state index is 0.0239. The van der Waals surface area contributed by atoms with Crippen LogP contribution < -0.4 is 5.32 Å². The summed E-state index contributed by atoms with van der Waals surface area (Å²) >= 11 is 6.38. The molecule has 4 nitrogen and oxygen atoms in total. The fourth-order valence-corrected chi connectivity index (χ4v) is 2.98. The first kappa shape index (κ1) is 13.0. The summed E-state index contributed by atoms with van der Waals surface area (Å²) in [6, 6.07) is 9.12. The molecule has 0 bridgehead atoms. The van der Waals surface area contributed by atoms with Crippen LogP contribution in [0.25, 0.3) is 0 Å². The lowest BCUT2D eigenvalue weighted by atomic mass is 10.3. The van der Waals surface area contributed by atoms with E-state index in [4.69, 9.17) is 12.2 Å². The molecule has 0 aromatic heterocycles. The third kappa shape index (κ3) is 2.88. The van der Waals surface area contributed by atoms with Gasteiger partial charge in [0.25, 0.3) is 0 Å². The minimum atomic E-state index is -0.244. The molecule has 1 saturated heterocycles. The second-order valence-corrected chi connectivity index (χ2v) is 5.84. The predicted molar refractivity (Wildman–Crippen MR) is 76.4 cm³/mol. The van der Waals surface area contributed by atoms with Gasteiger partial charge in [-0.15, -0.1) is 0 Å². The van der Waals surface area contributed by atoms with E-state index < -0.39 is 0 Å². The lowest BCUT2D eigenvalue weighted by Crippen LogP contribution is -2.37. The quantitative estimate of drug-likeness (QED) is 0.859. The zero-order valence-electron chi connectivity index (χ0n) is 9.75. The molecule has 1 aromatic carbocycles.